The number of hydrogen-bond donors (Lipinski definition) is 0. The fourth-order valence-corrected chi connectivity index (χ4v) is 0. The van der Waals surface area contributed by atoms with Crippen LogP contribution in [0.5, 0.6) is 0 Å². The van der Waals surface area contributed by atoms with E-state index in [0.717, 1.165) is 0 Å². The third kappa shape index (κ3) is 1120. The Morgan fingerprint density at radius 3 is 0.0351 bits per heavy atom. The molecule has 29 nitrogen and oxygen atoms in total. The van der Waals surface area contributed by atoms with Gasteiger partial charge in [-0.05, 0) is 0 Å². The molecule has 57 heavy (non-hydrogen) atoms. The van der Waals surface area contributed by atoms with Crippen molar-refractivity contribution in [2.45, 2.75) is 0 Å². The molecule has 0 fully saturated rings. The van der Waals surface area contributed by atoms with Crippen molar-refractivity contribution < 1.29 is 608 Å². The summed E-state index contributed by atoms with van der Waals surface area (Å²) in [6.07, 6.45) is 0. The summed E-state index contributed by atoms with van der Waals surface area (Å²) in [5, 5.41) is 0. The quantitative estimate of drug-likeness (QED) is 0.207. The summed E-state index contributed by atoms with van der Waals surface area (Å²) in [6.45, 7) is 0. The Balaban J connectivity index is 0. The third-order valence-corrected chi connectivity index (χ3v) is 0. The third-order valence-electron chi connectivity index (χ3n) is 0. The minimum atomic E-state index is 0. The van der Waals surface area contributed by atoms with Crippen LogP contribution in [0.3, 0.4) is 0 Å². The van der Waals surface area contributed by atoms with Crippen molar-refractivity contribution in [1.82, 2.24) is 0 Å². The van der Waals surface area contributed by atoms with Crippen LogP contribution >= 0.6 is 0 Å². The minimum absolute atomic E-state index is 0. The van der Waals surface area contributed by atoms with Crippen LogP contribution < -0.4 is 0 Å². The summed E-state index contributed by atoms with van der Waals surface area (Å²) in [7, 11) is 0. The molecule has 0 rings (SSSR count). The van der Waals surface area contributed by atoms with Gasteiger partial charge < -0.3 is 178 Å². The Labute approximate surface area is 767 Å². The standard InChI is InChI=1S/29N.28Ti/q29*-3;28*+4. The summed E-state index contributed by atoms with van der Waals surface area (Å²) < 4.78 is 0. The van der Waals surface area contributed by atoms with Gasteiger partial charge in [0, 0.05) is 0 Å². The number of rotatable bonds is 0. The van der Waals surface area contributed by atoms with Gasteiger partial charge in [0.15, 0.2) is 0 Å². The van der Waals surface area contributed by atoms with E-state index in [4.69, 9.17) is 0 Å². The van der Waals surface area contributed by atoms with Crippen molar-refractivity contribution in [3.05, 3.63) is 178 Å². The molecule has 0 radical (unpaired) electrons. The van der Waals surface area contributed by atoms with Gasteiger partial charge in [-0.1, -0.05) is 0 Å². The van der Waals surface area contributed by atoms with E-state index < -0.39 is 0 Å². The predicted molar refractivity (Wildman–Crippen MR) is 97.4 cm³/mol. The molecule has 0 aromatic carbocycles. The molecule has 0 unspecified atom stereocenters. The molecule has 0 aliphatic carbocycles. The van der Waals surface area contributed by atoms with Gasteiger partial charge in [-0.25, -0.2) is 0 Å². The van der Waals surface area contributed by atoms with Crippen molar-refractivity contribution >= 4 is 0 Å². The number of hydrogen-bond acceptors (Lipinski definition) is 0. The van der Waals surface area contributed by atoms with Crippen LogP contribution in [0.2, 0.25) is 0 Å². The van der Waals surface area contributed by atoms with Crippen LogP contribution in [0, 0.1) is 0 Å². The molecular formula is N29Ti28+25. The molecule has 0 atom stereocenters. The normalized spacial score (nSPS) is 0. The average molecular weight is 1750 g/mol. The topological polar surface area (TPSA) is 884 Å². The smallest absolute Gasteiger partial charge is 3.00 e. The van der Waals surface area contributed by atoms with Gasteiger partial charge in [0.05, 0.1) is 0 Å². The molecule has 0 saturated heterocycles. The zero-order valence-electron chi connectivity index (χ0n) is 27.0. The maximum absolute atomic E-state index is 0. The van der Waals surface area contributed by atoms with E-state index in [1.807, 2.05) is 0 Å². The van der Waals surface area contributed by atoms with E-state index in [9.17, 15) is 0 Å². The van der Waals surface area contributed by atoms with Crippen LogP contribution in [-0.2, 0) is 608 Å². The molecule has 0 aromatic rings. The van der Waals surface area contributed by atoms with E-state index in [-0.39, 0.29) is 786 Å². The molecule has 0 spiro atoms. The fraction of sp³-hybridized carbons (Fsp3) is 0. The first-order valence-corrected chi connectivity index (χ1v) is 0. The molecule has 0 heterocycles. The summed E-state index contributed by atoms with van der Waals surface area (Å²) in [5.41, 5.74) is 0. The van der Waals surface area contributed by atoms with Crippen molar-refractivity contribution in [2.75, 3.05) is 0 Å². The summed E-state index contributed by atoms with van der Waals surface area (Å²) in [5.74, 6) is 0. The summed E-state index contributed by atoms with van der Waals surface area (Å²) >= 11 is 0. The van der Waals surface area contributed by atoms with Crippen LogP contribution in [0.15, 0.2) is 0 Å². The van der Waals surface area contributed by atoms with Gasteiger partial charge in [-0.2, -0.15) is 0 Å². The molecule has 0 aliphatic heterocycles. The van der Waals surface area contributed by atoms with Crippen molar-refractivity contribution in [2.24, 2.45) is 0 Å². The van der Waals surface area contributed by atoms with E-state index in [2.05, 4.69) is 0 Å². The Morgan fingerprint density at radius 2 is 0.0351 bits per heavy atom. The molecule has 232 valence electrons. The second-order valence-corrected chi connectivity index (χ2v) is 0. The molecule has 0 amide bonds. The van der Waals surface area contributed by atoms with Gasteiger partial charge in [0.1, 0.15) is 0 Å². The maximum atomic E-state index is 0. The van der Waals surface area contributed by atoms with E-state index in [1.165, 1.54) is 0 Å². The Hall–Kier alpha value is 18.8. The fourth-order valence-electron chi connectivity index (χ4n) is 0. The van der Waals surface area contributed by atoms with E-state index in [1.54, 1.807) is 0 Å². The molecule has 0 aliphatic rings. The molecule has 0 bridgehead atoms. The zero-order valence-corrected chi connectivity index (χ0v) is 70.7. The molecule has 0 aromatic heterocycles. The first-order valence-electron chi connectivity index (χ1n) is 0. The van der Waals surface area contributed by atoms with E-state index >= 15 is 0 Å². The van der Waals surface area contributed by atoms with Crippen molar-refractivity contribution in [3.8, 4) is 0 Å². The SMILES string of the molecule is [N-3].[N-3].[N-3].[N-3].[N-3].[N-3].[N-3].[N-3].[N-3].[N-3].[N-3].[N-3].[N-3].[N-3].[N-3].[N-3].[N-3].[N-3].[N-3].[N-3].[N-3].[N-3].[N-3].[N-3].[N-3].[N-3].[N-3].[N-3].[N-3].[Ti+4].[Ti+4].[Ti+4].[Ti+4].[Ti+4].[Ti+4].[Ti+4].[Ti+4].[Ti+4].[Ti+4].[Ti+4].[Ti+4].[Ti+4].[Ti+4].[Ti+4].[Ti+4].[Ti+4].[Ti+4].[Ti+4].[Ti+4].[Ti+4].[Ti+4].[Ti+4].[Ti+4].[Ti+4].[Ti+4].[Ti+4].[Ti+4]. The van der Waals surface area contributed by atoms with Crippen LogP contribution in [0.4, 0.5) is 0 Å². The van der Waals surface area contributed by atoms with Crippen LogP contribution in [-0.4, -0.2) is 0 Å². The summed E-state index contributed by atoms with van der Waals surface area (Å²) in [4.78, 5) is 0. The Kier molecular flexibility index (Phi) is 24100. The van der Waals surface area contributed by atoms with Crippen LogP contribution in [0.1, 0.15) is 0 Å². The second kappa shape index (κ2) is 1150. The van der Waals surface area contributed by atoms with E-state index in [0.29, 0.717) is 0 Å². The van der Waals surface area contributed by atoms with Gasteiger partial charge in [0.25, 0.3) is 0 Å². The largest absolute Gasteiger partial charge is 4.00 e. The monoisotopic (exact) mass is 1750 g/mol. The Bertz CT molecular complexity index is 57.0. The first-order chi connectivity index (χ1) is 0. The second-order valence-electron chi connectivity index (χ2n) is 0. The number of nitrogens with zero attached hydrogens (tertiary/aromatic N) is 29. The predicted octanol–water partition coefficient (Wildman–Crippen LogP) is 8.30. The maximum Gasteiger partial charge on any atom is 4.00 e. The molecule has 0 saturated carbocycles. The minimum Gasteiger partial charge on any atom is -3.00 e. The summed E-state index contributed by atoms with van der Waals surface area (Å²) in [6, 6.07) is 0. The molecule has 57 heteroatoms. The van der Waals surface area contributed by atoms with Gasteiger partial charge in [0.2, 0.25) is 0 Å². The molecule has 0 N–H and O–H groups in total. The zero-order chi connectivity index (χ0) is 0. The van der Waals surface area contributed by atoms with Crippen molar-refractivity contribution in [3.63, 3.8) is 0 Å². The average Bonchev–Trinajstić information content (AvgIpc) is 0. The van der Waals surface area contributed by atoms with Gasteiger partial charge in [-0.15, -0.1) is 0 Å². The van der Waals surface area contributed by atoms with Gasteiger partial charge in [-0.3, -0.25) is 0 Å². The van der Waals surface area contributed by atoms with Crippen molar-refractivity contribution in [1.29, 1.82) is 0 Å². The Morgan fingerprint density at radius 1 is 0.0351 bits per heavy atom. The molecular weight excluding hydrogens is 1750 g/mol. The first kappa shape index (κ1) is 1200. The van der Waals surface area contributed by atoms with Crippen LogP contribution in [0.25, 0.3) is 178 Å². The van der Waals surface area contributed by atoms with Gasteiger partial charge >= 0.3 is 608 Å².